The molecule has 1 atom stereocenters. The van der Waals surface area contributed by atoms with Crippen molar-refractivity contribution in [1.29, 1.82) is 0 Å². The van der Waals surface area contributed by atoms with E-state index < -0.39 is 23.5 Å². The van der Waals surface area contributed by atoms with Crippen molar-refractivity contribution >= 4 is 5.91 Å². The highest BCUT2D eigenvalue weighted by molar-refractivity contribution is 5.94. The largest absolute Gasteiger partial charge is 0.419 e. The Balaban J connectivity index is 2.06. The molecule has 0 spiro atoms. The molecule has 110 valence electrons. The lowest BCUT2D eigenvalue weighted by Gasteiger charge is -2.12. The van der Waals surface area contributed by atoms with Gasteiger partial charge in [-0.2, -0.15) is 13.2 Å². The van der Waals surface area contributed by atoms with Gasteiger partial charge in [-0.3, -0.25) is 4.79 Å². The van der Waals surface area contributed by atoms with Gasteiger partial charge in [0.25, 0.3) is 5.91 Å². The summed E-state index contributed by atoms with van der Waals surface area (Å²) in [6.45, 7) is 1.48. The molecule has 0 saturated carbocycles. The van der Waals surface area contributed by atoms with Crippen molar-refractivity contribution in [2.45, 2.75) is 12.6 Å². The Hall–Kier alpha value is -1.63. The van der Waals surface area contributed by atoms with Crippen LogP contribution < -0.4 is 5.32 Å². The van der Waals surface area contributed by atoms with E-state index in [-0.39, 0.29) is 11.5 Å². The summed E-state index contributed by atoms with van der Waals surface area (Å²) < 4.78 is 55.8. The summed E-state index contributed by atoms with van der Waals surface area (Å²) in [7, 11) is 0. The Morgan fingerprint density at radius 2 is 2.15 bits per heavy atom. The van der Waals surface area contributed by atoms with Crippen LogP contribution in [0.1, 0.15) is 22.3 Å². The third-order valence-electron chi connectivity index (χ3n) is 3.11. The molecule has 1 saturated heterocycles. The predicted molar refractivity (Wildman–Crippen MR) is 62.7 cm³/mol. The molecular weight excluding hydrogens is 278 g/mol. The van der Waals surface area contributed by atoms with Gasteiger partial charge in [0.2, 0.25) is 0 Å². The molecule has 1 heterocycles. The van der Waals surface area contributed by atoms with Crippen LogP contribution in [0.2, 0.25) is 0 Å². The molecule has 1 aliphatic heterocycles. The summed E-state index contributed by atoms with van der Waals surface area (Å²) in [5.74, 6) is -1.87. The normalized spacial score (nSPS) is 19.1. The predicted octanol–water partition coefficient (Wildman–Crippen LogP) is 2.61. The molecule has 1 aliphatic rings. The van der Waals surface area contributed by atoms with Gasteiger partial charge in [0.1, 0.15) is 5.82 Å². The van der Waals surface area contributed by atoms with Crippen LogP contribution in [-0.2, 0) is 10.9 Å². The minimum atomic E-state index is -4.82. The maximum atomic E-state index is 13.1. The minimum absolute atomic E-state index is 0.168. The lowest BCUT2D eigenvalue weighted by atomic mass is 10.1. The van der Waals surface area contributed by atoms with Crippen LogP contribution in [0.25, 0.3) is 0 Å². The number of alkyl halides is 3. The molecule has 0 aromatic heterocycles. The smallest absolute Gasteiger partial charge is 0.381 e. The van der Waals surface area contributed by atoms with E-state index in [9.17, 15) is 22.4 Å². The van der Waals surface area contributed by atoms with Crippen molar-refractivity contribution < 1.29 is 27.1 Å². The van der Waals surface area contributed by atoms with Gasteiger partial charge in [-0.1, -0.05) is 0 Å². The summed E-state index contributed by atoms with van der Waals surface area (Å²) in [4.78, 5) is 11.8. The highest BCUT2D eigenvalue weighted by Crippen LogP contribution is 2.31. The van der Waals surface area contributed by atoms with E-state index in [1.807, 2.05) is 0 Å². The lowest BCUT2D eigenvalue weighted by molar-refractivity contribution is -0.140. The molecular formula is C13H13F4NO2. The second kappa shape index (κ2) is 5.78. The first-order valence-electron chi connectivity index (χ1n) is 6.10. The number of carbonyl (C=O) groups excluding carboxylic acids is 1. The van der Waals surface area contributed by atoms with Crippen LogP contribution in [0.5, 0.6) is 0 Å². The number of rotatable bonds is 3. The Morgan fingerprint density at radius 1 is 1.40 bits per heavy atom. The van der Waals surface area contributed by atoms with E-state index in [1.165, 1.54) is 0 Å². The molecule has 0 aliphatic carbocycles. The summed E-state index contributed by atoms with van der Waals surface area (Å²) in [5, 5.41) is 2.53. The van der Waals surface area contributed by atoms with Crippen LogP contribution in [0.15, 0.2) is 18.2 Å². The average molecular weight is 291 g/mol. The van der Waals surface area contributed by atoms with Gasteiger partial charge < -0.3 is 10.1 Å². The first-order valence-corrected chi connectivity index (χ1v) is 6.10. The van der Waals surface area contributed by atoms with Crippen LogP contribution in [0.3, 0.4) is 0 Å². The zero-order valence-corrected chi connectivity index (χ0v) is 10.5. The van der Waals surface area contributed by atoms with Crippen LogP contribution >= 0.6 is 0 Å². The fourth-order valence-corrected chi connectivity index (χ4v) is 1.97. The molecule has 2 rings (SSSR count). The fraction of sp³-hybridized carbons (Fsp3) is 0.462. The van der Waals surface area contributed by atoms with Crippen LogP contribution in [-0.4, -0.2) is 25.7 Å². The third-order valence-corrected chi connectivity index (χ3v) is 3.11. The van der Waals surface area contributed by atoms with E-state index >= 15 is 0 Å². The summed E-state index contributed by atoms with van der Waals surface area (Å²) >= 11 is 0. The van der Waals surface area contributed by atoms with Crippen LogP contribution in [0.4, 0.5) is 17.6 Å². The minimum Gasteiger partial charge on any atom is -0.381 e. The zero-order chi connectivity index (χ0) is 14.8. The highest BCUT2D eigenvalue weighted by atomic mass is 19.4. The van der Waals surface area contributed by atoms with Gasteiger partial charge in [-0.05, 0) is 24.6 Å². The van der Waals surface area contributed by atoms with Gasteiger partial charge in [-0.25, -0.2) is 4.39 Å². The van der Waals surface area contributed by atoms with Gasteiger partial charge in [0, 0.05) is 24.6 Å². The second-order valence-corrected chi connectivity index (χ2v) is 4.63. The number of carbonyl (C=O) groups is 1. The fourth-order valence-electron chi connectivity index (χ4n) is 1.97. The Morgan fingerprint density at radius 3 is 2.75 bits per heavy atom. The topological polar surface area (TPSA) is 38.3 Å². The van der Waals surface area contributed by atoms with Gasteiger partial charge in [0.05, 0.1) is 12.2 Å². The number of halogens is 4. The SMILES string of the molecule is O=C(NCC1CCOC1)c1ccc(F)c(C(F)(F)F)c1. The van der Waals surface area contributed by atoms with Crippen molar-refractivity contribution in [3.8, 4) is 0 Å². The number of hydrogen-bond acceptors (Lipinski definition) is 2. The van der Waals surface area contributed by atoms with E-state index in [4.69, 9.17) is 4.74 Å². The van der Waals surface area contributed by atoms with E-state index in [0.29, 0.717) is 31.9 Å². The number of amides is 1. The Bertz CT molecular complexity index is 496. The number of benzene rings is 1. The molecule has 7 heteroatoms. The molecule has 1 aromatic rings. The molecule has 3 nitrogen and oxygen atoms in total. The quantitative estimate of drug-likeness (QED) is 0.869. The van der Waals surface area contributed by atoms with Crippen molar-refractivity contribution in [3.05, 3.63) is 35.1 Å². The third kappa shape index (κ3) is 3.47. The molecule has 1 fully saturated rings. The molecule has 1 N–H and O–H groups in total. The second-order valence-electron chi connectivity index (χ2n) is 4.63. The maximum absolute atomic E-state index is 13.1. The average Bonchev–Trinajstić information content (AvgIpc) is 2.88. The monoisotopic (exact) mass is 291 g/mol. The molecule has 1 unspecified atom stereocenters. The van der Waals surface area contributed by atoms with E-state index in [0.717, 1.165) is 12.5 Å². The standard InChI is InChI=1S/C13H13F4NO2/c14-11-2-1-9(5-10(11)13(15,16)17)12(19)18-6-8-3-4-20-7-8/h1-2,5,8H,3-4,6-7H2,(H,18,19). The Labute approximate surface area is 112 Å². The number of ether oxygens (including phenoxy) is 1. The van der Waals surface area contributed by atoms with Crippen molar-refractivity contribution in [3.63, 3.8) is 0 Å². The summed E-state index contributed by atoms with van der Waals surface area (Å²) in [5.41, 5.74) is -1.65. The van der Waals surface area contributed by atoms with Gasteiger partial charge >= 0.3 is 6.18 Å². The van der Waals surface area contributed by atoms with Crippen molar-refractivity contribution in [2.75, 3.05) is 19.8 Å². The molecule has 0 bridgehead atoms. The Kier molecular flexibility index (Phi) is 4.27. The molecule has 20 heavy (non-hydrogen) atoms. The summed E-state index contributed by atoms with van der Waals surface area (Å²) in [6.07, 6.45) is -4.02. The molecule has 1 aromatic carbocycles. The molecule has 1 amide bonds. The van der Waals surface area contributed by atoms with E-state index in [1.54, 1.807) is 0 Å². The lowest BCUT2D eigenvalue weighted by Crippen LogP contribution is -2.29. The van der Waals surface area contributed by atoms with Crippen LogP contribution in [0, 0.1) is 11.7 Å². The van der Waals surface area contributed by atoms with Gasteiger partial charge in [0.15, 0.2) is 0 Å². The summed E-state index contributed by atoms with van der Waals surface area (Å²) in [6, 6.07) is 2.21. The first kappa shape index (κ1) is 14.8. The number of hydrogen-bond donors (Lipinski definition) is 1. The zero-order valence-electron chi connectivity index (χ0n) is 10.5. The van der Waals surface area contributed by atoms with Crippen molar-refractivity contribution in [1.82, 2.24) is 5.32 Å². The van der Waals surface area contributed by atoms with Crippen molar-refractivity contribution in [2.24, 2.45) is 5.92 Å². The maximum Gasteiger partial charge on any atom is 0.419 e. The number of nitrogens with one attached hydrogen (secondary N) is 1. The van der Waals surface area contributed by atoms with Gasteiger partial charge in [-0.15, -0.1) is 0 Å². The molecule has 0 radical (unpaired) electrons. The highest BCUT2D eigenvalue weighted by Gasteiger charge is 2.34. The van der Waals surface area contributed by atoms with E-state index in [2.05, 4.69) is 5.32 Å². The first-order chi connectivity index (χ1) is 9.38.